The lowest BCUT2D eigenvalue weighted by Gasteiger charge is -2.38. The molecule has 0 radical (unpaired) electrons. The van der Waals surface area contributed by atoms with Crippen molar-refractivity contribution in [2.45, 2.75) is 274 Å². The Balaban J connectivity index is 0.00000864. The van der Waals surface area contributed by atoms with Crippen LogP contribution in [-0.2, 0) is 153 Å². The van der Waals surface area contributed by atoms with E-state index in [2.05, 4.69) is 55.4 Å². The lowest BCUT2D eigenvalue weighted by molar-refractivity contribution is -0.198. The Kier molecular flexibility index (Phi) is 52.2. The average molecular weight is 1590 g/mol. The first-order valence-corrected chi connectivity index (χ1v) is 38.0. The topological polar surface area (TPSA) is 434 Å². The van der Waals surface area contributed by atoms with Crippen molar-refractivity contribution in [2.24, 2.45) is 5.41 Å². The van der Waals surface area contributed by atoms with Crippen molar-refractivity contribution in [1.82, 2.24) is 20.3 Å². The number of imide groups is 4. The van der Waals surface area contributed by atoms with Gasteiger partial charge in [0.15, 0.2) is 0 Å². The predicted octanol–water partition coefficient (Wildman–Crippen LogP) is 7.39. The molecule has 4 saturated heterocycles. The van der Waals surface area contributed by atoms with Crippen molar-refractivity contribution in [3.8, 4) is 0 Å². The Morgan fingerprint density at radius 1 is 0.261 bits per heavy atom. The molecule has 4 rings (SSSR count). The zero-order chi connectivity index (χ0) is 84.2. The zero-order valence-corrected chi connectivity index (χ0v) is 68.2. The van der Waals surface area contributed by atoms with Crippen LogP contribution in [0.2, 0.25) is 0 Å². The Morgan fingerprint density at radius 3 is 0.829 bits per heavy atom. The van der Waals surface area contributed by atoms with Crippen LogP contribution in [0, 0.1) is 5.41 Å². The minimum atomic E-state index is -1.16. The van der Waals surface area contributed by atoms with E-state index >= 15 is 0 Å². The maximum atomic E-state index is 12.7. The third-order valence-corrected chi connectivity index (χ3v) is 14.7. The third-order valence-electron chi connectivity index (χ3n) is 14.7. The summed E-state index contributed by atoms with van der Waals surface area (Å²) in [6.07, 6.45) is 2.40. The zero-order valence-electron chi connectivity index (χ0n) is 68.2. The standard InChI is InChI=1S/C62H90N4O32.C4H10.3C3H8/c1-58(2,91-34-32-88-51(76)18-22-55(80)96-64-44(69)11-12-45(64)70)25-26-84-38-62(39-85-28-27-83-29-31-87-50(75)17-21-54(79)95-63-42(67)9-10-43(63)68,40-86-30-33-92-59(3,4)35-89-52(77)19-23-56(81)97-65-46(71)13-14-47(65)72)41-94-61(7,8)37-93-60(5,6)36-90-53(78)20-24-57(82)98-66-48(73)15-16-49(66)74;1-3-4-2;3*1-3-2/h9-41H2,1-8H3;3-4H2,1-2H3;3*3H2,1-2H3. The number of carbonyl (C=O) groups is 16. The molecule has 4 heterocycles. The van der Waals surface area contributed by atoms with Gasteiger partial charge in [0.05, 0.1) is 152 Å². The fourth-order valence-corrected chi connectivity index (χ4v) is 8.47. The minimum Gasteiger partial charge on any atom is -0.463 e. The second kappa shape index (κ2) is 56.3. The highest BCUT2D eigenvalue weighted by molar-refractivity contribution is 6.03. The van der Waals surface area contributed by atoms with Crippen molar-refractivity contribution < 1.29 is 153 Å². The van der Waals surface area contributed by atoms with Crippen LogP contribution in [0.25, 0.3) is 0 Å². The first-order valence-electron chi connectivity index (χ1n) is 38.0. The van der Waals surface area contributed by atoms with Gasteiger partial charge < -0.3 is 76.2 Å². The van der Waals surface area contributed by atoms with E-state index in [1.54, 1.807) is 55.4 Å². The molecule has 36 heteroatoms. The van der Waals surface area contributed by atoms with Gasteiger partial charge in [-0.25, -0.2) is 19.2 Å². The van der Waals surface area contributed by atoms with Gasteiger partial charge in [0.2, 0.25) is 0 Å². The lowest BCUT2D eigenvalue weighted by Crippen LogP contribution is -2.47. The highest BCUT2D eigenvalue weighted by Gasteiger charge is 2.40. The molecule has 1 atom stereocenters. The molecule has 0 saturated carbocycles. The van der Waals surface area contributed by atoms with Gasteiger partial charge in [-0.2, -0.15) is 0 Å². The summed E-state index contributed by atoms with van der Waals surface area (Å²) >= 11 is 0. The third kappa shape index (κ3) is 47.9. The van der Waals surface area contributed by atoms with Crippen molar-refractivity contribution in [2.75, 3.05) is 106 Å². The number of ether oxygens (including phenoxy) is 12. The molecule has 0 aromatic rings. The molecule has 4 aliphatic heterocycles. The molecule has 0 aromatic carbocycles. The Labute approximate surface area is 651 Å². The van der Waals surface area contributed by atoms with Crippen LogP contribution in [0.3, 0.4) is 0 Å². The number of rotatable bonds is 50. The number of unbranched alkanes of at least 4 members (excludes halogenated alkanes) is 1. The summed E-state index contributed by atoms with van der Waals surface area (Å²) in [6, 6.07) is 0. The highest BCUT2D eigenvalue weighted by atomic mass is 16.7. The van der Waals surface area contributed by atoms with Crippen LogP contribution in [0.5, 0.6) is 0 Å². The molecule has 8 amide bonds. The normalized spacial score (nSPS) is 14.9. The van der Waals surface area contributed by atoms with E-state index in [1.807, 2.05) is 0 Å². The molecular formula is C75H124N4O32. The van der Waals surface area contributed by atoms with E-state index in [0.717, 1.165) is 0 Å². The van der Waals surface area contributed by atoms with E-state index in [4.69, 9.17) is 76.2 Å². The SMILES string of the molecule is CC(C)(CCOCC(COCCOCCOC(=O)CCC(=O)ON1C(=O)CCC1=O)(COCCOC(C)(C)COC(=O)CCC(=O)ON1C(=O)CCC1=O)COC(C)(C)COC(C)(C)COC(=O)CCC(=O)ON1C(=O)CCC1=O)OCCOC(=O)CCC(=O)ON1C(=O)CCC1=O.CCC.CCC.CCC.CCCC. The lowest BCUT2D eigenvalue weighted by atomic mass is 9.91. The van der Waals surface area contributed by atoms with Gasteiger partial charge in [-0.3, -0.25) is 57.5 Å². The molecule has 0 spiro atoms. The van der Waals surface area contributed by atoms with Crippen LogP contribution in [0.1, 0.15) is 252 Å². The number of hydrogen-bond acceptors (Lipinski definition) is 32. The van der Waals surface area contributed by atoms with Gasteiger partial charge in [0, 0.05) is 58.0 Å². The van der Waals surface area contributed by atoms with Gasteiger partial charge in [0.25, 0.3) is 47.3 Å². The smallest absolute Gasteiger partial charge is 0.333 e. The van der Waals surface area contributed by atoms with Crippen LogP contribution in [0.4, 0.5) is 0 Å². The minimum absolute atomic E-state index is 0.0151. The summed E-state index contributed by atoms with van der Waals surface area (Å²) < 4.78 is 70.3. The van der Waals surface area contributed by atoms with Crippen molar-refractivity contribution in [3.63, 3.8) is 0 Å². The van der Waals surface area contributed by atoms with E-state index in [1.165, 1.54) is 32.1 Å². The van der Waals surface area contributed by atoms with Crippen LogP contribution >= 0.6 is 0 Å². The molecule has 36 nitrogen and oxygen atoms in total. The van der Waals surface area contributed by atoms with Crippen LogP contribution in [0.15, 0.2) is 0 Å². The quantitative estimate of drug-likeness (QED) is 0.0248. The van der Waals surface area contributed by atoms with E-state index < -0.39 is 174 Å². The first kappa shape index (κ1) is 103. The Morgan fingerprint density at radius 2 is 0.495 bits per heavy atom. The number of carbonyl (C=O) groups excluding carboxylic acids is 16. The summed E-state index contributed by atoms with van der Waals surface area (Å²) in [6.45, 7) is 29.1. The first-order chi connectivity index (χ1) is 52.2. The number of esters is 4. The molecule has 636 valence electrons. The number of hydrogen-bond donors (Lipinski definition) is 0. The van der Waals surface area contributed by atoms with Gasteiger partial charge in [-0.1, -0.05) is 87.5 Å². The fraction of sp³-hybridized carbons (Fsp3) is 0.787. The Hall–Kier alpha value is -8.00. The maximum Gasteiger partial charge on any atom is 0.333 e. The number of hydroxylamine groups is 8. The van der Waals surface area contributed by atoms with Crippen LogP contribution < -0.4 is 0 Å². The number of amides is 8. The maximum absolute atomic E-state index is 12.7. The summed E-state index contributed by atoms with van der Waals surface area (Å²) in [7, 11) is 0. The molecule has 111 heavy (non-hydrogen) atoms. The summed E-state index contributed by atoms with van der Waals surface area (Å²) in [4.78, 5) is 212. The van der Waals surface area contributed by atoms with Gasteiger partial charge in [-0.15, -0.1) is 20.3 Å². The molecule has 4 aliphatic rings. The van der Waals surface area contributed by atoms with Gasteiger partial charge in [0.1, 0.15) is 26.4 Å². The average Bonchev–Trinajstić information content (AvgIpc) is 1.55. The van der Waals surface area contributed by atoms with E-state index in [0.29, 0.717) is 20.3 Å². The molecule has 0 aliphatic carbocycles. The molecule has 0 aromatic heterocycles. The second-order valence-electron chi connectivity index (χ2n) is 28.4. The van der Waals surface area contributed by atoms with Crippen molar-refractivity contribution in [3.05, 3.63) is 0 Å². The highest BCUT2D eigenvalue weighted by Crippen LogP contribution is 2.27. The van der Waals surface area contributed by atoms with Crippen molar-refractivity contribution in [1.29, 1.82) is 0 Å². The van der Waals surface area contributed by atoms with Crippen molar-refractivity contribution >= 4 is 95.0 Å². The fourth-order valence-electron chi connectivity index (χ4n) is 8.47. The van der Waals surface area contributed by atoms with Gasteiger partial charge in [-0.05, 0) is 61.8 Å². The Bertz CT molecular complexity index is 2880. The predicted molar refractivity (Wildman–Crippen MR) is 388 cm³/mol. The molecule has 1 unspecified atom stereocenters. The second-order valence-corrected chi connectivity index (χ2v) is 28.4. The molecular weight excluding hydrogens is 1470 g/mol. The van der Waals surface area contributed by atoms with E-state index in [-0.39, 0.29) is 163 Å². The monoisotopic (exact) mass is 1590 g/mol. The largest absolute Gasteiger partial charge is 0.463 e. The van der Waals surface area contributed by atoms with Gasteiger partial charge >= 0.3 is 47.8 Å². The number of nitrogens with zero attached hydrogens (tertiary/aromatic N) is 4. The van der Waals surface area contributed by atoms with E-state index in [9.17, 15) is 76.7 Å². The molecule has 0 N–H and O–H groups in total. The summed E-state index contributed by atoms with van der Waals surface area (Å²) in [5, 5.41) is 1.50. The molecule has 0 bridgehead atoms. The van der Waals surface area contributed by atoms with Crippen LogP contribution in [-0.4, -0.2) is 243 Å². The molecule has 4 fully saturated rings. The summed E-state index contributed by atoms with van der Waals surface area (Å²) in [5.41, 5.74) is -5.32. The summed E-state index contributed by atoms with van der Waals surface area (Å²) in [5.74, 6) is -12.4.